The first kappa shape index (κ1) is 20.5. The first-order chi connectivity index (χ1) is 11.5. The molecule has 0 unspecified atom stereocenters. The number of piperidine rings is 1. The maximum absolute atomic E-state index is 12.5. The Bertz CT molecular complexity index is 445. The van der Waals surface area contributed by atoms with Gasteiger partial charge in [-0.05, 0) is 59.0 Å². The van der Waals surface area contributed by atoms with Crippen LogP contribution in [0.5, 0.6) is 0 Å². The Morgan fingerprint density at radius 1 is 1.33 bits per heavy atom. The SMILES string of the molecule is CCN(CC)CCCN/C=C(/C#N)C(=O)N(C)C1CCN(C)CC1. The predicted molar refractivity (Wildman–Crippen MR) is 97.4 cm³/mol. The van der Waals surface area contributed by atoms with E-state index in [1.807, 2.05) is 13.1 Å². The smallest absolute Gasteiger partial charge is 0.265 e. The van der Waals surface area contributed by atoms with Crippen molar-refractivity contribution in [3.05, 3.63) is 11.8 Å². The molecule has 0 bridgehead atoms. The van der Waals surface area contributed by atoms with Crippen molar-refractivity contribution in [2.75, 3.05) is 53.4 Å². The molecule has 6 nitrogen and oxygen atoms in total. The molecular formula is C18H33N5O. The van der Waals surface area contributed by atoms with E-state index < -0.39 is 0 Å². The van der Waals surface area contributed by atoms with Gasteiger partial charge in [-0.2, -0.15) is 5.26 Å². The molecule has 0 aromatic heterocycles. The van der Waals surface area contributed by atoms with Crippen LogP contribution in [0, 0.1) is 11.3 Å². The van der Waals surface area contributed by atoms with Crippen LogP contribution >= 0.6 is 0 Å². The first-order valence-electron chi connectivity index (χ1n) is 9.05. The molecule has 1 rings (SSSR count). The molecule has 1 heterocycles. The summed E-state index contributed by atoms with van der Waals surface area (Å²) in [4.78, 5) is 18.9. The molecule has 6 heteroatoms. The number of amides is 1. The van der Waals surface area contributed by atoms with Crippen molar-refractivity contribution in [1.29, 1.82) is 5.26 Å². The molecule has 0 aromatic rings. The summed E-state index contributed by atoms with van der Waals surface area (Å²) in [7, 11) is 3.91. The van der Waals surface area contributed by atoms with Crippen LogP contribution in [-0.4, -0.2) is 80.0 Å². The summed E-state index contributed by atoms with van der Waals surface area (Å²) in [5.74, 6) is -0.178. The van der Waals surface area contributed by atoms with Crippen molar-refractivity contribution in [1.82, 2.24) is 20.0 Å². The van der Waals surface area contributed by atoms with Crippen LogP contribution < -0.4 is 5.32 Å². The van der Waals surface area contributed by atoms with Crippen LogP contribution in [0.4, 0.5) is 0 Å². The van der Waals surface area contributed by atoms with Gasteiger partial charge in [0.15, 0.2) is 0 Å². The van der Waals surface area contributed by atoms with Gasteiger partial charge in [-0.25, -0.2) is 0 Å². The molecule has 0 aliphatic carbocycles. The number of carbonyl (C=O) groups excluding carboxylic acids is 1. The third-order valence-electron chi connectivity index (χ3n) is 4.84. The molecule has 0 atom stereocenters. The van der Waals surface area contributed by atoms with Gasteiger partial charge in [0, 0.05) is 25.8 Å². The van der Waals surface area contributed by atoms with Crippen molar-refractivity contribution in [2.24, 2.45) is 0 Å². The number of hydrogen-bond acceptors (Lipinski definition) is 5. The lowest BCUT2D eigenvalue weighted by Crippen LogP contribution is -2.45. The maximum Gasteiger partial charge on any atom is 0.265 e. The minimum Gasteiger partial charge on any atom is -0.390 e. The van der Waals surface area contributed by atoms with Crippen molar-refractivity contribution >= 4 is 5.91 Å². The fourth-order valence-corrected chi connectivity index (χ4v) is 3.00. The van der Waals surface area contributed by atoms with E-state index in [1.165, 1.54) is 0 Å². The second-order valence-electron chi connectivity index (χ2n) is 6.45. The van der Waals surface area contributed by atoms with Gasteiger partial charge in [-0.3, -0.25) is 4.79 Å². The second-order valence-corrected chi connectivity index (χ2v) is 6.45. The largest absolute Gasteiger partial charge is 0.390 e. The summed E-state index contributed by atoms with van der Waals surface area (Å²) in [6.45, 7) is 10.2. The van der Waals surface area contributed by atoms with E-state index >= 15 is 0 Å². The third kappa shape index (κ3) is 6.50. The zero-order valence-corrected chi connectivity index (χ0v) is 15.7. The zero-order chi connectivity index (χ0) is 17.9. The van der Waals surface area contributed by atoms with Crippen LogP contribution in [0.2, 0.25) is 0 Å². The lowest BCUT2D eigenvalue weighted by Gasteiger charge is -2.35. The minimum atomic E-state index is -0.178. The summed E-state index contributed by atoms with van der Waals surface area (Å²) in [6.07, 6.45) is 4.51. The summed E-state index contributed by atoms with van der Waals surface area (Å²) in [6, 6.07) is 2.27. The average Bonchev–Trinajstić information content (AvgIpc) is 2.61. The maximum atomic E-state index is 12.5. The molecule has 0 aromatic carbocycles. The minimum absolute atomic E-state index is 0.178. The molecule has 1 saturated heterocycles. The second kappa shape index (κ2) is 11.1. The van der Waals surface area contributed by atoms with Crippen LogP contribution in [0.1, 0.15) is 33.1 Å². The number of likely N-dealkylation sites (N-methyl/N-ethyl adjacent to an activating group) is 1. The van der Waals surface area contributed by atoms with E-state index in [1.54, 1.807) is 11.1 Å². The number of hydrogen-bond donors (Lipinski definition) is 1. The normalized spacial score (nSPS) is 16.9. The van der Waals surface area contributed by atoms with Gasteiger partial charge in [0.05, 0.1) is 0 Å². The van der Waals surface area contributed by atoms with E-state index in [2.05, 4.69) is 36.0 Å². The molecule has 24 heavy (non-hydrogen) atoms. The number of nitrogens with one attached hydrogen (secondary N) is 1. The van der Waals surface area contributed by atoms with E-state index in [-0.39, 0.29) is 17.5 Å². The summed E-state index contributed by atoms with van der Waals surface area (Å²) in [5, 5.41) is 12.4. The van der Waals surface area contributed by atoms with Gasteiger partial charge >= 0.3 is 0 Å². The molecule has 0 radical (unpaired) electrons. The highest BCUT2D eigenvalue weighted by Crippen LogP contribution is 2.15. The molecule has 1 fully saturated rings. The molecule has 1 N–H and O–H groups in total. The third-order valence-corrected chi connectivity index (χ3v) is 4.84. The molecular weight excluding hydrogens is 302 g/mol. The highest BCUT2D eigenvalue weighted by atomic mass is 16.2. The van der Waals surface area contributed by atoms with Gasteiger partial charge in [-0.15, -0.1) is 0 Å². The highest BCUT2D eigenvalue weighted by Gasteiger charge is 2.25. The summed E-state index contributed by atoms with van der Waals surface area (Å²) in [5.41, 5.74) is 0.194. The van der Waals surface area contributed by atoms with E-state index in [4.69, 9.17) is 0 Å². The van der Waals surface area contributed by atoms with Crippen LogP contribution in [0.15, 0.2) is 11.8 Å². The van der Waals surface area contributed by atoms with Crippen LogP contribution in [-0.2, 0) is 4.79 Å². The van der Waals surface area contributed by atoms with Gasteiger partial charge in [0.1, 0.15) is 11.6 Å². The van der Waals surface area contributed by atoms with Gasteiger partial charge in [0.25, 0.3) is 5.91 Å². The Morgan fingerprint density at radius 2 is 1.96 bits per heavy atom. The number of nitriles is 1. The summed E-state index contributed by atoms with van der Waals surface area (Å²) >= 11 is 0. The lowest BCUT2D eigenvalue weighted by atomic mass is 10.0. The van der Waals surface area contributed by atoms with Crippen molar-refractivity contribution in [3.63, 3.8) is 0 Å². The Kier molecular flexibility index (Phi) is 9.43. The van der Waals surface area contributed by atoms with Gasteiger partial charge < -0.3 is 20.0 Å². The standard InChI is InChI=1S/C18H33N5O/c1-5-23(6-2)11-7-10-20-15-16(14-19)18(24)22(4)17-8-12-21(3)13-9-17/h15,17,20H,5-13H2,1-4H3/b16-15-. The number of likely N-dealkylation sites (tertiary alicyclic amines) is 1. The monoisotopic (exact) mass is 335 g/mol. The fraction of sp³-hybridized carbons (Fsp3) is 0.778. The fourth-order valence-electron chi connectivity index (χ4n) is 3.00. The Hall–Kier alpha value is -1.58. The molecule has 1 aliphatic rings. The van der Waals surface area contributed by atoms with Crippen molar-refractivity contribution in [3.8, 4) is 6.07 Å². The van der Waals surface area contributed by atoms with E-state index in [0.717, 1.165) is 58.5 Å². The van der Waals surface area contributed by atoms with Gasteiger partial charge in [0.2, 0.25) is 0 Å². The zero-order valence-electron chi connectivity index (χ0n) is 15.7. The highest BCUT2D eigenvalue weighted by molar-refractivity contribution is 5.97. The van der Waals surface area contributed by atoms with Crippen molar-refractivity contribution < 1.29 is 4.79 Å². The first-order valence-corrected chi connectivity index (χ1v) is 9.05. The average molecular weight is 335 g/mol. The van der Waals surface area contributed by atoms with E-state index in [9.17, 15) is 10.1 Å². The topological polar surface area (TPSA) is 62.6 Å². The molecule has 0 spiro atoms. The Labute approximate surface area is 147 Å². The molecule has 0 saturated carbocycles. The lowest BCUT2D eigenvalue weighted by molar-refractivity contribution is -0.128. The molecule has 1 amide bonds. The predicted octanol–water partition coefficient (Wildman–Crippen LogP) is 1.27. The summed E-state index contributed by atoms with van der Waals surface area (Å²) < 4.78 is 0. The molecule has 1 aliphatic heterocycles. The number of nitrogens with zero attached hydrogens (tertiary/aromatic N) is 4. The quantitative estimate of drug-likeness (QED) is 0.391. The Balaban J connectivity index is 2.43. The molecule has 136 valence electrons. The number of rotatable bonds is 9. The van der Waals surface area contributed by atoms with E-state index in [0.29, 0.717) is 0 Å². The van der Waals surface area contributed by atoms with Crippen LogP contribution in [0.3, 0.4) is 0 Å². The van der Waals surface area contributed by atoms with Crippen LogP contribution in [0.25, 0.3) is 0 Å². The van der Waals surface area contributed by atoms with Gasteiger partial charge in [-0.1, -0.05) is 13.8 Å². The Morgan fingerprint density at radius 3 is 2.50 bits per heavy atom. The van der Waals surface area contributed by atoms with Crippen molar-refractivity contribution in [2.45, 2.75) is 39.2 Å². The number of carbonyl (C=O) groups is 1.